The number of likely N-dealkylation sites (tertiary alicyclic amines) is 1. The number of hydrogen-bond donors (Lipinski definition) is 0. The predicted octanol–water partition coefficient (Wildman–Crippen LogP) is 2.11. The maximum absolute atomic E-state index is 11.3. The van der Waals surface area contributed by atoms with Gasteiger partial charge in [-0.25, -0.2) is 8.42 Å². The van der Waals surface area contributed by atoms with Gasteiger partial charge in [-0.3, -0.25) is 4.90 Å². The van der Waals surface area contributed by atoms with Gasteiger partial charge in [-0.05, 0) is 31.4 Å². The molecule has 4 heteroatoms. The molecular formula is C14H21NO2S. The van der Waals surface area contributed by atoms with E-state index in [0.29, 0.717) is 17.7 Å². The van der Waals surface area contributed by atoms with Crippen molar-refractivity contribution < 1.29 is 8.42 Å². The summed E-state index contributed by atoms with van der Waals surface area (Å²) in [6.45, 7) is 4.08. The van der Waals surface area contributed by atoms with Gasteiger partial charge in [0.05, 0.1) is 5.75 Å². The summed E-state index contributed by atoms with van der Waals surface area (Å²) in [7, 11) is -2.85. The zero-order valence-corrected chi connectivity index (χ0v) is 11.9. The monoisotopic (exact) mass is 267 g/mol. The van der Waals surface area contributed by atoms with E-state index in [9.17, 15) is 8.42 Å². The zero-order chi connectivity index (χ0) is 13.2. The Labute approximate surface area is 110 Å². The van der Waals surface area contributed by atoms with Crippen LogP contribution in [-0.2, 0) is 9.84 Å². The first kappa shape index (κ1) is 13.6. The minimum absolute atomic E-state index is 0.297. The highest BCUT2D eigenvalue weighted by Gasteiger charge is 2.28. The van der Waals surface area contributed by atoms with Crippen LogP contribution >= 0.6 is 0 Å². The number of benzene rings is 1. The minimum atomic E-state index is -2.85. The molecule has 1 aliphatic rings. The molecule has 3 nitrogen and oxygen atoms in total. The van der Waals surface area contributed by atoms with Gasteiger partial charge in [0.2, 0.25) is 0 Å². The van der Waals surface area contributed by atoms with Gasteiger partial charge in [-0.1, -0.05) is 30.3 Å². The van der Waals surface area contributed by atoms with Crippen molar-refractivity contribution in [1.29, 1.82) is 0 Å². The Kier molecular flexibility index (Phi) is 4.07. The molecule has 0 spiro atoms. The maximum Gasteiger partial charge on any atom is 0.147 e. The van der Waals surface area contributed by atoms with Crippen molar-refractivity contribution in [2.45, 2.75) is 19.4 Å². The molecule has 0 N–H and O–H groups in total. The van der Waals surface area contributed by atoms with E-state index in [1.807, 2.05) is 6.07 Å². The van der Waals surface area contributed by atoms with Crippen molar-refractivity contribution in [3.63, 3.8) is 0 Å². The first-order valence-electron chi connectivity index (χ1n) is 6.42. The molecule has 2 unspecified atom stereocenters. The number of hydrogen-bond acceptors (Lipinski definition) is 3. The Bertz CT molecular complexity index is 484. The molecule has 1 aliphatic heterocycles. The fraction of sp³-hybridized carbons (Fsp3) is 0.571. The molecule has 0 radical (unpaired) electrons. The van der Waals surface area contributed by atoms with E-state index < -0.39 is 9.84 Å². The Balaban J connectivity index is 1.97. The third kappa shape index (κ3) is 3.56. The SMILES string of the molecule is CC(c1ccccc1)N1CCC(CS(C)(=O)=O)C1. The summed E-state index contributed by atoms with van der Waals surface area (Å²) < 4.78 is 22.6. The van der Waals surface area contributed by atoms with E-state index in [0.717, 1.165) is 19.5 Å². The van der Waals surface area contributed by atoms with Crippen molar-refractivity contribution >= 4 is 9.84 Å². The molecular weight excluding hydrogens is 246 g/mol. The highest BCUT2D eigenvalue weighted by atomic mass is 32.2. The molecule has 1 aromatic rings. The lowest BCUT2D eigenvalue weighted by atomic mass is 10.1. The second-order valence-electron chi connectivity index (χ2n) is 5.33. The second-order valence-corrected chi connectivity index (χ2v) is 7.51. The Morgan fingerprint density at radius 3 is 2.61 bits per heavy atom. The fourth-order valence-electron chi connectivity index (χ4n) is 2.72. The summed E-state index contributed by atoms with van der Waals surface area (Å²) in [4.78, 5) is 2.38. The number of sulfone groups is 1. The molecule has 1 saturated heterocycles. The van der Waals surface area contributed by atoms with E-state index >= 15 is 0 Å². The van der Waals surface area contributed by atoms with Gasteiger partial charge in [0.1, 0.15) is 9.84 Å². The highest BCUT2D eigenvalue weighted by Crippen LogP contribution is 2.27. The normalized spacial score (nSPS) is 23.1. The van der Waals surface area contributed by atoms with Crippen LogP contribution < -0.4 is 0 Å². The highest BCUT2D eigenvalue weighted by molar-refractivity contribution is 7.90. The maximum atomic E-state index is 11.3. The van der Waals surface area contributed by atoms with E-state index in [1.54, 1.807) is 0 Å². The first-order chi connectivity index (χ1) is 8.46. The van der Waals surface area contributed by atoms with E-state index in [2.05, 4.69) is 36.1 Å². The van der Waals surface area contributed by atoms with Gasteiger partial charge in [-0.15, -0.1) is 0 Å². The third-order valence-electron chi connectivity index (χ3n) is 3.69. The lowest BCUT2D eigenvalue weighted by molar-refractivity contribution is 0.255. The van der Waals surface area contributed by atoms with Gasteiger partial charge in [-0.2, -0.15) is 0 Å². The lowest BCUT2D eigenvalue weighted by Crippen LogP contribution is -2.26. The average molecular weight is 267 g/mol. The average Bonchev–Trinajstić information content (AvgIpc) is 2.75. The van der Waals surface area contributed by atoms with Crippen molar-refractivity contribution in [3.05, 3.63) is 35.9 Å². The van der Waals surface area contributed by atoms with Crippen LogP contribution in [0.15, 0.2) is 30.3 Å². The van der Waals surface area contributed by atoms with Crippen LogP contribution in [0.5, 0.6) is 0 Å². The van der Waals surface area contributed by atoms with Crippen molar-refractivity contribution in [1.82, 2.24) is 4.90 Å². The standard InChI is InChI=1S/C14H21NO2S/c1-12(14-6-4-3-5-7-14)15-9-8-13(10-15)11-18(2,16)17/h3-7,12-13H,8-11H2,1-2H3. The van der Waals surface area contributed by atoms with Crippen LogP contribution in [0.25, 0.3) is 0 Å². The summed E-state index contributed by atoms with van der Waals surface area (Å²) in [5.41, 5.74) is 1.30. The Morgan fingerprint density at radius 2 is 2.00 bits per heavy atom. The van der Waals surface area contributed by atoms with Gasteiger partial charge in [0.25, 0.3) is 0 Å². The van der Waals surface area contributed by atoms with Gasteiger partial charge >= 0.3 is 0 Å². The first-order valence-corrected chi connectivity index (χ1v) is 8.48. The molecule has 1 fully saturated rings. The van der Waals surface area contributed by atoms with Crippen molar-refractivity contribution in [2.75, 3.05) is 25.1 Å². The summed E-state index contributed by atoms with van der Waals surface area (Å²) in [5.74, 6) is 0.622. The molecule has 2 atom stereocenters. The van der Waals surface area contributed by atoms with E-state index in [1.165, 1.54) is 11.8 Å². The molecule has 0 bridgehead atoms. The fourth-order valence-corrected chi connectivity index (χ4v) is 3.85. The molecule has 0 aliphatic carbocycles. The Morgan fingerprint density at radius 1 is 1.33 bits per heavy atom. The van der Waals surface area contributed by atoms with E-state index in [-0.39, 0.29) is 0 Å². The molecule has 0 saturated carbocycles. The van der Waals surface area contributed by atoms with Crippen LogP contribution in [0.4, 0.5) is 0 Å². The summed E-state index contributed by atoms with van der Waals surface area (Å²) in [6, 6.07) is 10.8. The van der Waals surface area contributed by atoms with Crippen molar-refractivity contribution in [2.24, 2.45) is 5.92 Å². The lowest BCUT2D eigenvalue weighted by Gasteiger charge is -2.24. The van der Waals surface area contributed by atoms with Crippen molar-refractivity contribution in [3.8, 4) is 0 Å². The van der Waals surface area contributed by atoms with Crippen LogP contribution in [0.2, 0.25) is 0 Å². The predicted molar refractivity (Wildman–Crippen MR) is 74.2 cm³/mol. The largest absolute Gasteiger partial charge is 0.296 e. The zero-order valence-electron chi connectivity index (χ0n) is 11.0. The van der Waals surface area contributed by atoms with Gasteiger partial charge in [0.15, 0.2) is 0 Å². The summed E-state index contributed by atoms with van der Waals surface area (Å²) >= 11 is 0. The van der Waals surface area contributed by atoms with Crippen LogP contribution in [0.3, 0.4) is 0 Å². The second kappa shape index (κ2) is 5.41. The molecule has 18 heavy (non-hydrogen) atoms. The molecule has 0 amide bonds. The van der Waals surface area contributed by atoms with Gasteiger partial charge in [0, 0.05) is 18.8 Å². The molecule has 100 valence electrons. The topological polar surface area (TPSA) is 37.4 Å². The molecule has 0 aromatic heterocycles. The van der Waals surface area contributed by atoms with Crippen LogP contribution in [0.1, 0.15) is 24.9 Å². The molecule has 2 rings (SSSR count). The number of rotatable bonds is 4. The number of nitrogens with zero attached hydrogens (tertiary/aromatic N) is 1. The molecule has 1 aromatic carbocycles. The smallest absolute Gasteiger partial charge is 0.147 e. The van der Waals surface area contributed by atoms with Crippen LogP contribution in [-0.4, -0.2) is 38.4 Å². The quantitative estimate of drug-likeness (QED) is 0.838. The third-order valence-corrected chi connectivity index (χ3v) is 4.76. The molecule has 1 heterocycles. The van der Waals surface area contributed by atoms with Crippen LogP contribution in [0, 0.1) is 5.92 Å². The van der Waals surface area contributed by atoms with Gasteiger partial charge < -0.3 is 0 Å². The summed E-state index contributed by atoms with van der Waals surface area (Å²) in [5, 5.41) is 0. The Hall–Kier alpha value is -0.870. The summed E-state index contributed by atoms with van der Waals surface area (Å²) in [6.07, 6.45) is 2.32. The van der Waals surface area contributed by atoms with E-state index in [4.69, 9.17) is 0 Å². The minimum Gasteiger partial charge on any atom is -0.296 e.